The highest BCUT2D eigenvalue weighted by atomic mass is 79.9. The molecular weight excluding hydrogens is 270 g/mol. The maximum Gasteiger partial charge on any atom is 0.180 e. The highest BCUT2D eigenvalue weighted by molar-refractivity contribution is 9.09. The van der Waals surface area contributed by atoms with Crippen LogP contribution in [0.4, 0.5) is 5.13 Å². The van der Waals surface area contributed by atoms with Crippen LogP contribution in [0.15, 0.2) is 10.5 Å². The Morgan fingerprint density at radius 1 is 1.86 bits per heavy atom. The molecule has 1 rings (SSSR count). The third kappa shape index (κ3) is 3.08. The van der Waals surface area contributed by atoms with Crippen molar-refractivity contribution >= 4 is 44.4 Å². The number of nitrogen functional groups attached to an aromatic ring is 1. The Labute approximate surface area is 93.1 Å². The lowest BCUT2D eigenvalue weighted by molar-refractivity contribution is -0.102. The zero-order valence-corrected chi connectivity index (χ0v) is 9.55. The van der Waals surface area contributed by atoms with Crippen LogP contribution in [-0.4, -0.2) is 28.9 Å². The number of carbonyl (C=O) groups excluding carboxylic acids is 1. The van der Waals surface area contributed by atoms with Crippen molar-refractivity contribution in [3.8, 4) is 0 Å². The predicted octanol–water partition coefficient (Wildman–Crippen LogP) is 1.04. The molecule has 1 aromatic rings. The van der Waals surface area contributed by atoms with Gasteiger partial charge in [-0.05, 0) is 0 Å². The first kappa shape index (κ1) is 11.1. The fraction of sp³-hybridized carbons (Fsp3) is 0.286. The summed E-state index contributed by atoms with van der Waals surface area (Å²) in [5, 5.41) is 6.33. The van der Waals surface area contributed by atoms with Gasteiger partial charge in [-0.2, -0.15) is 0 Å². The summed E-state index contributed by atoms with van der Waals surface area (Å²) in [6.07, 6.45) is 0.586. The number of nitrogens with two attached hydrogens (primary N) is 1. The summed E-state index contributed by atoms with van der Waals surface area (Å²) in [4.78, 5) is 19.3. The van der Waals surface area contributed by atoms with E-state index in [4.69, 9.17) is 10.6 Å². The number of halogens is 1. The number of aromatic nitrogens is 1. The third-order valence-corrected chi connectivity index (χ3v) is 2.22. The Balaban J connectivity index is 2.71. The molecule has 0 saturated heterocycles. The van der Waals surface area contributed by atoms with Crippen LogP contribution in [-0.2, 0) is 9.63 Å². The number of anilines is 1. The number of carbonyl (C=O) groups is 1. The van der Waals surface area contributed by atoms with Gasteiger partial charge < -0.3 is 10.6 Å². The van der Waals surface area contributed by atoms with Crippen LogP contribution < -0.4 is 5.73 Å². The standard InChI is InChI=1S/C7H8BrN3O2S/c8-1-2-13-11-5(3-12)6-4-14-7(9)10-6/h3-4H,1-2H2,(H2,9,10)/b11-5+. The van der Waals surface area contributed by atoms with Gasteiger partial charge in [0.2, 0.25) is 0 Å². The number of hydrogen-bond acceptors (Lipinski definition) is 6. The number of rotatable bonds is 5. The normalized spacial score (nSPS) is 11.4. The summed E-state index contributed by atoms with van der Waals surface area (Å²) < 4.78 is 0. The van der Waals surface area contributed by atoms with E-state index >= 15 is 0 Å². The van der Waals surface area contributed by atoms with Crippen LogP contribution in [0.2, 0.25) is 0 Å². The lowest BCUT2D eigenvalue weighted by Gasteiger charge is -1.95. The second-order valence-corrected chi connectivity index (χ2v) is 3.87. The highest BCUT2D eigenvalue weighted by Gasteiger charge is 2.06. The lowest BCUT2D eigenvalue weighted by Crippen LogP contribution is -2.05. The molecule has 0 atom stereocenters. The molecule has 0 aliphatic heterocycles. The van der Waals surface area contributed by atoms with Gasteiger partial charge in [0.15, 0.2) is 17.1 Å². The number of oxime groups is 1. The van der Waals surface area contributed by atoms with E-state index in [0.717, 1.165) is 0 Å². The molecule has 0 unspecified atom stereocenters. The zero-order valence-electron chi connectivity index (χ0n) is 7.14. The SMILES string of the molecule is Nc1nc(/C(C=O)=N/OCCBr)cs1. The summed E-state index contributed by atoms with van der Waals surface area (Å²) in [6, 6.07) is 0. The van der Waals surface area contributed by atoms with Crippen LogP contribution in [0.25, 0.3) is 0 Å². The minimum Gasteiger partial charge on any atom is -0.394 e. The van der Waals surface area contributed by atoms with E-state index in [0.29, 0.717) is 29.0 Å². The minimum absolute atomic E-state index is 0.152. The van der Waals surface area contributed by atoms with Crippen LogP contribution in [0.5, 0.6) is 0 Å². The molecule has 2 N–H and O–H groups in total. The smallest absolute Gasteiger partial charge is 0.180 e. The molecule has 1 heterocycles. The van der Waals surface area contributed by atoms with E-state index in [2.05, 4.69) is 26.1 Å². The summed E-state index contributed by atoms with van der Waals surface area (Å²) in [6.45, 7) is 0.400. The van der Waals surface area contributed by atoms with Gasteiger partial charge in [0.25, 0.3) is 0 Å². The fourth-order valence-corrected chi connectivity index (χ4v) is 1.39. The van der Waals surface area contributed by atoms with E-state index in [1.165, 1.54) is 11.3 Å². The number of aldehydes is 1. The number of alkyl halides is 1. The van der Waals surface area contributed by atoms with Crippen molar-refractivity contribution in [2.75, 3.05) is 17.7 Å². The molecule has 0 aliphatic rings. The van der Waals surface area contributed by atoms with Gasteiger partial charge in [0.05, 0.1) is 0 Å². The first-order valence-corrected chi connectivity index (χ1v) is 5.70. The molecule has 0 saturated carbocycles. The molecule has 76 valence electrons. The molecule has 1 aromatic heterocycles. The first-order valence-electron chi connectivity index (χ1n) is 3.70. The Kier molecular flexibility index (Phi) is 4.54. The van der Waals surface area contributed by atoms with Crippen molar-refractivity contribution in [2.24, 2.45) is 5.16 Å². The van der Waals surface area contributed by atoms with Crippen LogP contribution in [0.3, 0.4) is 0 Å². The summed E-state index contributed by atoms with van der Waals surface area (Å²) in [7, 11) is 0. The monoisotopic (exact) mass is 277 g/mol. The van der Waals surface area contributed by atoms with Crippen LogP contribution in [0, 0.1) is 0 Å². The molecule has 0 aromatic carbocycles. The minimum atomic E-state index is 0.152. The average Bonchev–Trinajstić information content (AvgIpc) is 2.60. The van der Waals surface area contributed by atoms with Gasteiger partial charge in [-0.25, -0.2) is 4.98 Å². The van der Waals surface area contributed by atoms with Gasteiger partial charge in [0.1, 0.15) is 12.3 Å². The second kappa shape index (κ2) is 5.71. The van der Waals surface area contributed by atoms with Gasteiger partial charge >= 0.3 is 0 Å². The largest absolute Gasteiger partial charge is 0.394 e. The van der Waals surface area contributed by atoms with Crippen molar-refractivity contribution in [3.63, 3.8) is 0 Å². The fourth-order valence-electron chi connectivity index (χ4n) is 0.684. The van der Waals surface area contributed by atoms with E-state index in [1.807, 2.05) is 0 Å². The molecule has 0 aliphatic carbocycles. The van der Waals surface area contributed by atoms with E-state index in [9.17, 15) is 4.79 Å². The molecule has 0 amide bonds. The molecule has 7 heteroatoms. The molecule has 0 fully saturated rings. The predicted molar refractivity (Wildman–Crippen MR) is 58.9 cm³/mol. The lowest BCUT2D eigenvalue weighted by atomic mass is 10.3. The maximum atomic E-state index is 10.6. The second-order valence-electron chi connectivity index (χ2n) is 2.19. The molecule has 0 bridgehead atoms. The highest BCUT2D eigenvalue weighted by Crippen LogP contribution is 2.11. The van der Waals surface area contributed by atoms with Crippen molar-refractivity contribution in [1.82, 2.24) is 4.98 Å². The Morgan fingerprint density at radius 3 is 3.14 bits per heavy atom. The van der Waals surface area contributed by atoms with Crippen molar-refractivity contribution in [1.29, 1.82) is 0 Å². The Hall–Kier alpha value is -0.950. The number of nitrogens with zero attached hydrogens (tertiary/aromatic N) is 2. The van der Waals surface area contributed by atoms with E-state index < -0.39 is 0 Å². The van der Waals surface area contributed by atoms with Gasteiger partial charge in [-0.1, -0.05) is 21.1 Å². The Bertz CT molecular complexity index is 339. The summed E-state index contributed by atoms with van der Waals surface area (Å²) in [5.41, 5.74) is 6.01. The van der Waals surface area contributed by atoms with Gasteiger partial charge in [-0.15, -0.1) is 11.3 Å². The van der Waals surface area contributed by atoms with Crippen LogP contribution >= 0.6 is 27.3 Å². The van der Waals surface area contributed by atoms with E-state index in [-0.39, 0.29) is 5.71 Å². The van der Waals surface area contributed by atoms with Crippen molar-refractivity contribution < 1.29 is 9.63 Å². The summed E-state index contributed by atoms with van der Waals surface area (Å²) in [5.74, 6) is 0. The average molecular weight is 278 g/mol. The molecule has 14 heavy (non-hydrogen) atoms. The quantitative estimate of drug-likeness (QED) is 0.287. The van der Waals surface area contributed by atoms with Crippen LogP contribution in [0.1, 0.15) is 5.69 Å². The molecular formula is C7H8BrN3O2S. The topological polar surface area (TPSA) is 77.6 Å². The van der Waals surface area contributed by atoms with E-state index in [1.54, 1.807) is 5.38 Å². The number of hydrogen-bond donors (Lipinski definition) is 1. The Morgan fingerprint density at radius 2 is 2.64 bits per heavy atom. The van der Waals surface area contributed by atoms with Gasteiger partial charge in [0, 0.05) is 10.7 Å². The first-order chi connectivity index (χ1) is 6.77. The zero-order chi connectivity index (χ0) is 10.4. The maximum absolute atomic E-state index is 10.6. The third-order valence-electron chi connectivity index (χ3n) is 1.23. The molecule has 0 radical (unpaired) electrons. The molecule has 0 spiro atoms. The van der Waals surface area contributed by atoms with Gasteiger partial charge in [-0.3, -0.25) is 4.79 Å². The summed E-state index contributed by atoms with van der Waals surface area (Å²) >= 11 is 4.42. The molecule has 5 nitrogen and oxygen atoms in total. The van der Waals surface area contributed by atoms with Crippen molar-refractivity contribution in [3.05, 3.63) is 11.1 Å². The number of thiazole rings is 1. The van der Waals surface area contributed by atoms with Crippen molar-refractivity contribution in [2.45, 2.75) is 0 Å².